The summed E-state index contributed by atoms with van der Waals surface area (Å²) in [6, 6.07) is 2.87. The highest BCUT2D eigenvalue weighted by Gasteiger charge is 2.06. The monoisotopic (exact) mass is 145 g/mol. The zero-order valence-electron chi connectivity index (χ0n) is 5.50. The van der Waals surface area contributed by atoms with Crippen molar-refractivity contribution in [3.63, 3.8) is 0 Å². The van der Waals surface area contributed by atoms with Crippen molar-refractivity contribution in [1.82, 2.24) is 4.57 Å². The summed E-state index contributed by atoms with van der Waals surface area (Å²) in [5, 5.41) is 0. The molecule has 56 valence electrons. The fourth-order valence-corrected chi connectivity index (χ4v) is 0.792. The largest absolute Gasteiger partial charge is 0.346 e. The molecule has 0 radical (unpaired) electrons. The van der Waals surface area contributed by atoms with Crippen molar-refractivity contribution in [3.8, 4) is 0 Å². The lowest BCUT2D eigenvalue weighted by Gasteiger charge is -2.09. The predicted molar refractivity (Wildman–Crippen MR) is 35.4 cm³/mol. The van der Waals surface area contributed by atoms with Gasteiger partial charge in [0.1, 0.15) is 13.3 Å². The maximum absolute atomic E-state index is 12.0. The van der Waals surface area contributed by atoms with Crippen LogP contribution in [0.25, 0.3) is 0 Å². The SMILES string of the molecule is FCC(CF)n1cccc1. The fraction of sp³-hybridized carbons (Fsp3) is 0.429. The van der Waals surface area contributed by atoms with Gasteiger partial charge in [-0.1, -0.05) is 0 Å². The van der Waals surface area contributed by atoms with Crippen LogP contribution in [0.4, 0.5) is 8.78 Å². The minimum Gasteiger partial charge on any atom is -0.346 e. The molecule has 0 spiro atoms. The van der Waals surface area contributed by atoms with Crippen LogP contribution in [-0.4, -0.2) is 17.9 Å². The second-order valence-electron chi connectivity index (χ2n) is 2.09. The standard InChI is InChI=1S/C7H9F2N/c8-5-7(6-9)10-3-1-2-4-10/h1-4,7H,5-6H2. The van der Waals surface area contributed by atoms with E-state index in [-0.39, 0.29) is 0 Å². The van der Waals surface area contributed by atoms with Gasteiger partial charge in [-0.05, 0) is 12.1 Å². The summed E-state index contributed by atoms with van der Waals surface area (Å²) in [5.41, 5.74) is 0. The number of hydrogen-bond acceptors (Lipinski definition) is 0. The van der Waals surface area contributed by atoms with E-state index in [2.05, 4.69) is 0 Å². The number of rotatable bonds is 3. The van der Waals surface area contributed by atoms with Gasteiger partial charge in [-0.15, -0.1) is 0 Å². The Labute approximate surface area is 58.3 Å². The zero-order chi connectivity index (χ0) is 7.40. The molecule has 0 bridgehead atoms. The van der Waals surface area contributed by atoms with E-state index in [1.54, 1.807) is 24.5 Å². The van der Waals surface area contributed by atoms with Crippen molar-refractivity contribution < 1.29 is 8.78 Å². The van der Waals surface area contributed by atoms with Crippen molar-refractivity contribution in [3.05, 3.63) is 24.5 Å². The van der Waals surface area contributed by atoms with Gasteiger partial charge in [-0.25, -0.2) is 8.78 Å². The van der Waals surface area contributed by atoms with Crippen molar-refractivity contribution in [1.29, 1.82) is 0 Å². The van der Waals surface area contributed by atoms with Crippen molar-refractivity contribution >= 4 is 0 Å². The van der Waals surface area contributed by atoms with E-state index < -0.39 is 19.4 Å². The molecule has 0 aliphatic carbocycles. The molecule has 0 N–H and O–H groups in total. The first kappa shape index (κ1) is 7.25. The Morgan fingerprint density at radius 3 is 2.00 bits per heavy atom. The van der Waals surface area contributed by atoms with E-state index in [9.17, 15) is 8.78 Å². The lowest BCUT2D eigenvalue weighted by Crippen LogP contribution is -2.10. The molecule has 1 nitrogen and oxygen atoms in total. The van der Waals surface area contributed by atoms with Gasteiger partial charge in [-0.2, -0.15) is 0 Å². The Hall–Kier alpha value is -0.860. The van der Waals surface area contributed by atoms with Gasteiger partial charge in [0.25, 0.3) is 0 Å². The van der Waals surface area contributed by atoms with Crippen molar-refractivity contribution in [2.45, 2.75) is 6.04 Å². The van der Waals surface area contributed by atoms with Gasteiger partial charge >= 0.3 is 0 Å². The van der Waals surface area contributed by atoms with E-state index in [0.717, 1.165) is 0 Å². The van der Waals surface area contributed by atoms with Crippen LogP contribution < -0.4 is 0 Å². The number of aromatic nitrogens is 1. The van der Waals surface area contributed by atoms with Crippen LogP contribution in [0, 0.1) is 0 Å². The van der Waals surface area contributed by atoms with E-state index in [1.807, 2.05) is 0 Å². The topological polar surface area (TPSA) is 4.93 Å². The summed E-state index contributed by atoms with van der Waals surface area (Å²) in [5.74, 6) is 0. The van der Waals surface area contributed by atoms with Crippen LogP contribution in [0.3, 0.4) is 0 Å². The summed E-state index contributed by atoms with van der Waals surface area (Å²) >= 11 is 0. The van der Waals surface area contributed by atoms with Crippen LogP contribution in [0.5, 0.6) is 0 Å². The molecule has 1 heterocycles. The number of halogens is 2. The molecule has 10 heavy (non-hydrogen) atoms. The van der Waals surface area contributed by atoms with Crippen LogP contribution >= 0.6 is 0 Å². The Morgan fingerprint density at radius 2 is 1.60 bits per heavy atom. The predicted octanol–water partition coefficient (Wildman–Crippen LogP) is 1.97. The molecule has 0 amide bonds. The highest BCUT2D eigenvalue weighted by molar-refractivity contribution is 4.92. The highest BCUT2D eigenvalue weighted by atomic mass is 19.1. The molecule has 0 aliphatic heterocycles. The first-order valence-electron chi connectivity index (χ1n) is 3.13. The molecule has 0 unspecified atom stereocenters. The minimum absolute atomic E-state index is 0.630. The Balaban J connectivity index is 2.64. The first-order valence-corrected chi connectivity index (χ1v) is 3.13. The summed E-state index contributed by atoms with van der Waals surface area (Å²) in [7, 11) is 0. The minimum atomic E-state index is -0.648. The molecule has 3 heteroatoms. The molecule has 1 aromatic heterocycles. The summed E-state index contributed by atoms with van der Waals surface area (Å²) < 4.78 is 25.4. The van der Waals surface area contributed by atoms with E-state index in [4.69, 9.17) is 0 Å². The van der Waals surface area contributed by atoms with Gasteiger partial charge < -0.3 is 4.57 Å². The summed E-state index contributed by atoms with van der Waals surface area (Å²) in [6.07, 6.45) is 3.31. The molecule has 0 atom stereocenters. The van der Waals surface area contributed by atoms with Gasteiger partial charge in [0.15, 0.2) is 0 Å². The maximum atomic E-state index is 12.0. The second kappa shape index (κ2) is 3.34. The highest BCUT2D eigenvalue weighted by Crippen LogP contribution is 2.07. The van der Waals surface area contributed by atoms with Crippen LogP contribution in [0.1, 0.15) is 6.04 Å². The van der Waals surface area contributed by atoms with Gasteiger partial charge in [0, 0.05) is 12.4 Å². The smallest absolute Gasteiger partial charge is 0.113 e. The number of alkyl halides is 2. The van der Waals surface area contributed by atoms with Gasteiger partial charge in [-0.3, -0.25) is 0 Å². The third-order valence-electron chi connectivity index (χ3n) is 1.41. The van der Waals surface area contributed by atoms with Crippen LogP contribution in [0.15, 0.2) is 24.5 Å². The quantitative estimate of drug-likeness (QED) is 0.612. The molecule has 0 aliphatic rings. The number of hydrogen-bond donors (Lipinski definition) is 0. The molecule has 0 saturated carbocycles. The van der Waals surface area contributed by atoms with Crippen molar-refractivity contribution in [2.75, 3.05) is 13.3 Å². The Bertz CT molecular complexity index is 168. The third kappa shape index (κ3) is 1.35. The van der Waals surface area contributed by atoms with Crippen molar-refractivity contribution in [2.24, 2.45) is 0 Å². The lowest BCUT2D eigenvalue weighted by molar-refractivity contribution is 0.289. The van der Waals surface area contributed by atoms with Gasteiger partial charge in [0.2, 0.25) is 0 Å². The third-order valence-corrected chi connectivity index (χ3v) is 1.41. The normalized spacial score (nSPS) is 10.7. The summed E-state index contributed by atoms with van der Waals surface area (Å²) in [6.45, 7) is -1.30. The Morgan fingerprint density at radius 1 is 1.10 bits per heavy atom. The molecular formula is C7H9F2N. The summed E-state index contributed by atoms with van der Waals surface area (Å²) in [4.78, 5) is 0. The zero-order valence-corrected chi connectivity index (χ0v) is 5.50. The van der Waals surface area contributed by atoms with E-state index >= 15 is 0 Å². The molecule has 1 aromatic rings. The lowest BCUT2D eigenvalue weighted by atomic mass is 10.3. The molecule has 1 rings (SSSR count). The molecule has 0 saturated heterocycles. The molecule has 0 fully saturated rings. The Kier molecular flexibility index (Phi) is 2.42. The van der Waals surface area contributed by atoms with E-state index in [0.29, 0.717) is 0 Å². The number of nitrogens with zero attached hydrogens (tertiary/aromatic N) is 1. The first-order chi connectivity index (χ1) is 4.88. The van der Waals surface area contributed by atoms with Crippen LogP contribution in [-0.2, 0) is 0 Å². The average molecular weight is 145 g/mol. The second-order valence-corrected chi connectivity index (χ2v) is 2.09. The van der Waals surface area contributed by atoms with Crippen LogP contribution in [0.2, 0.25) is 0 Å². The maximum Gasteiger partial charge on any atom is 0.113 e. The average Bonchev–Trinajstić information content (AvgIpc) is 2.43. The molecular weight excluding hydrogens is 136 g/mol. The van der Waals surface area contributed by atoms with Gasteiger partial charge in [0.05, 0.1) is 6.04 Å². The molecule has 0 aromatic carbocycles. The van der Waals surface area contributed by atoms with E-state index in [1.165, 1.54) is 4.57 Å². The fourth-order valence-electron chi connectivity index (χ4n) is 0.792.